The summed E-state index contributed by atoms with van der Waals surface area (Å²) in [4.78, 5) is 0. The number of hydrogen-bond acceptors (Lipinski definition) is 5. The number of benzene rings is 1. The lowest BCUT2D eigenvalue weighted by molar-refractivity contribution is 0.136. The Balaban J connectivity index is 1.68. The molecule has 0 saturated carbocycles. The Hall–Kier alpha value is -2.81. The van der Waals surface area contributed by atoms with Crippen LogP contribution in [0.1, 0.15) is 23.8 Å². The molecule has 124 valence electrons. The normalized spacial score (nSPS) is 11.5. The van der Waals surface area contributed by atoms with Gasteiger partial charge in [0.2, 0.25) is 10.6 Å². The Morgan fingerprint density at radius 3 is 2.83 bits per heavy atom. The second-order valence-electron chi connectivity index (χ2n) is 4.65. The molecule has 2 heterocycles. The summed E-state index contributed by atoms with van der Waals surface area (Å²) >= 11 is 4.86. The van der Waals surface area contributed by atoms with Gasteiger partial charge in [-0.2, -0.15) is 14.9 Å². The van der Waals surface area contributed by atoms with Crippen LogP contribution in [-0.2, 0) is 6.61 Å². The van der Waals surface area contributed by atoms with E-state index < -0.39 is 12.2 Å². The first-order valence-corrected chi connectivity index (χ1v) is 7.30. The van der Waals surface area contributed by atoms with Gasteiger partial charge in [0.15, 0.2) is 0 Å². The van der Waals surface area contributed by atoms with Crippen LogP contribution >= 0.6 is 12.2 Å². The fourth-order valence-corrected chi connectivity index (χ4v) is 2.07. The van der Waals surface area contributed by atoms with E-state index in [0.717, 1.165) is 10.4 Å². The molecule has 0 saturated heterocycles. The largest absolute Gasteiger partial charge is 0.486 e. The van der Waals surface area contributed by atoms with Crippen LogP contribution in [0.15, 0.2) is 52.0 Å². The average Bonchev–Trinajstić information content (AvgIpc) is 3.18. The number of nitrogens with zero attached hydrogens (tertiary/aromatic N) is 3. The number of hydrogen-bond donors (Lipinski definition) is 1. The number of aromatic nitrogens is 3. The zero-order valence-corrected chi connectivity index (χ0v) is 13.0. The van der Waals surface area contributed by atoms with E-state index in [9.17, 15) is 8.78 Å². The molecule has 1 aromatic carbocycles. The molecule has 3 aromatic rings. The maximum atomic E-state index is 12.8. The van der Waals surface area contributed by atoms with Crippen LogP contribution in [0.25, 0.3) is 0 Å². The van der Waals surface area contributed by atoms with Gasteiger partial charge in [-0.1, -0.05) is 18.2 Å². The van der Waals surface area contributed by atoms with E-state index in [-0.39, 0.29) is 11.4 Å². The number of nitrogens with one attached hydrogen (secondary N) is 1. The monoisotopic (exact) mass is 350 g/mol. The van der Waals surface area contributed by atoms with Gasteiger partial charge >= 0.3 is 0 Å². The number of para-hydroxylation sites is 1. The van der Waals surface area contributed by atoms with E-state index in [1.165, 1.54) is 6.21 Å². The first-order valence-electron chi connectivity index (χ1n) is 6.90. The number of halogens is 2. The lowest BCUT2D eigenvalue weighted by atomic mass is 10.3. The van der Waals surface area contributed by atoms with Crippen LogP contribution in [0.2, 0.25) is 0 Å². The van der Waals surface area contributed by atoms with Crippen molar-refractivity contribution in [1.82, 2.24) is 14.9 Å². The molecule has 0 atom stereocenters. The maximum Gasteiger partial charge on any atom is 0.299 e. The van der Waals surface area contributed by atoms with Crippen molar-refractivity contribution in [2.24, 2.45) is 5.10 Å². The molecule has 0 unspecified atom stereocenters. The molecule has 0 amide bonds. The molecular formula is C15H12F2N4O2S. The third-order valence-electron chi connectivity index (χ3n) is 2.98. The van der Waals surface area contributed by atoms with E-state index >= 15 is 0 Å². The first-order chi connectivity index (χ1) is 11.6. The van der Waals surface area contributed by atoms with Crippen molar-refractivity contribution >= 4 is 18.4 Å². The minimum absolute atomic E-state index is 0.0271. The highest BCUT2D eigenvalue weighted by Crippen LogP contribution is 2.16. The van der Waals surface area contributed by atoms with E-state index in [1.807, 2.05) is 30.3 Å². The molecule has 0 radical (unpaired) electrons. The van der Waals surface area contributed by atoms with Crippen molar-refractivity contribution in [2.45, 2.75) is 13.0 Å². The SMILES string of the molecule is FC(F)c1n[nH]c(=S)n1/N=C/c1ccc(COc2ccccc2)o1. The molecule has 2 aromatic heterocycles. The van der Waals surface area contributed by atoms with E-state index in [1.54, 1.807) is 12.1 Å². The van der Waals surface area contributed by atoms with Crippen molar-refractivity contribution < 1.29 is 17.9 Å². The number of ether oxygens (including phenoxy) is 1. The number of alkyl halides is 2. The van der Waals surface area contributed by atoms with Crippen molar-refractivity contribution in [1.29, 1.82) is 0 Å². The molecule has 0 spiro atoms. The van der Waals surface area contributed by atoms with Gasteiger partial charge in [-0.3, -0.25) is 0 Å². The average molecular weight is 350 g/mol. The summed E-state index contributed by atoms with van der Waals surface area (Å²) in [6.45, 7) is 0.241. The quantitative estimate of drug-likeness (QED) is 0.540. The van der Waals surface area contributed by atoms with Crippen LogP contribution in [0.4, 0.5) is 8.78 Å². The Morgan fingerprint density at radius 1 is 1.29 bits per heavy atom. The van der Waals surface area contributed by atoms with Gasteiger partial charge in [0.25, 0.3) is 6.43 Å². The summed E-state index contributed by atoms with van der Waals surface area (Å²) in [5.41, 5.74) is 0. The second-order valence-corrected chi connectivity index (χ2v) is 5.04. The summed E-state index contributed by atoms with van der Waals surface area (Å²) in [7, 11) is 0. The van der Waals surface area contributed by atoms with Gasteiger partial charge in [0.05, 0.1) is 6.21 Å². The zero-order valence-electron chi connectivity index (χ0n) is 12.2. The molecule has 6 nitrogen and oxygen atoms in total. The van der Waals surface area contributed by atoms with Crippen molar-refractivity contribution in [3.8, 4) is 5.75 Å². The van der Waals surface area contributed by atoms with Gasteiger partial charge in [0.1, 0.15) is 23.9 Å². The van der Waals surface area contributed by atoms with Crippen molar-refractivity contribution in [3.63, 3.8) is 0 Å². The third kappa shape index (κ3) is 3.74. The molecule has 0 bridgehead atoms. The maximum absolute atomic E-state index is 12.8. The fraction of sp³-hybridized carbons (Fsp3) is 0.133. The predicted molar refractivity (Wildman–Crippen MR) is 84.8 cm³/mol. The standard InChI is InChI=1S/C15H12F2N4O2S/c16-13(17)14-19-20-15(24)21(14)18-8-11-6-7-12(23-11)9-22-10-4-2-1-3-5-10/h1-8,13H,9H2,(H,20,24)/b18-8+. The number of aromatic amines is 1. The zero-order chi connectivity index (χ0) is 16.9. The highest BCUT2D eigenvalue weighted by atomic mass is 32.1. The topological polar surface area (TPSA) is 68.3 Å². The summed E-state index contributed by atoms with van der Waals surface area (Å²) in [5.74, 6) is 1.11. The van der Waals surface area contributed by atoms with E-state index in [0.29, 0.717) is 11.5 Å². The number of rotatable bonds is 6. The summed E-state index contributed by atoms with van der Waals surface area (Å²) in [6, 6.07) is 12.7. The Bertz CT molecular complexity index is 886. The second kappa shape index (κ2) is 7.18. The lowest BCUT2D eigenvalue weighted by Gasteiger charge is -2.02. The molecule has 9 heteroatoms. The van der Waals surface area contributed by atoms with Crippen molar-refractivity contribution in [2.75, 3.05) is 0 Å². The molecule has 0 aliphatic rings. The van der Waals surface area contributed by atoms with Crippen LogP contribution in [0.3, 0.4) is 0 Å². The minimum Gasteiger partial charge on any atom is -0.486 e. The first kappa shape index (κ1) is 16.1. The third-order valence-corrected chi connectivity index (χ3v) is 3.24. The van der Waals surface area contributed by atoms with Crippen LogP contribution in [-0.4, -0.2) is 21.1 Å². The Morgan fingerprint density at radius 2 is 2.08 bits per heavy atom. The van der Waals surface area contributed by atoms with E-state index in [4.69, 9.17) is 21.4 Å². The molecule has 0 fully saturated rings. The molecule has 0 aliphatic carbocycles. The van der Waals surface area contributed by atoms with Crippen LogP contribution < -0.4 is 4.74 Å². The number of H-pyrrole nitrogens is 1. The van der Waals surface area contributed by atoms with Gasteiger partial charge < -0.3 is 9.15 Å². The highest BCUT2D eigenvalue weighted by Gasteiger charge is 2.16. The summed E-state index contributed by atoms with van der Waals surface area (Å²) < 4.78 is 37.4. The molecule has 24 heavy (non-hydrogen) atoms. The highest BCUT2D eigenvalue weighted by molar-refractivity contribution is 7.71. The van der Waals surface area contributed by atoms with Gasteiger partial charge in [0, 0.05) is 0 Å². The summed E-state index contributed by atoms with van der Waals surface area (Å²) in [6.07, 6.45) is -1.51. The fourth-order valence-electron chi connectivity index (χ4n) is 1.88. The Kier molecular flexibility index (Phi) is 4.80. The van der Waals surface area contributed by atoms with Gasteiger partial charge in [-0.25, -0.2) is 13.9 Å². The van der Waals surface area contributed by atoms with Gasteiger partial charge in [-0.15, -0.1) is 0 Å². The molecule has 1 N–H and O–H groups in total. The molecular weight excluding hydrogens is 338 g/mol. The summed E-state index contributed by atoms with van der Waals surface area (Å²) in [5, 5.41) is 9.57. The smallest absolute Gasteiger partial charge is 0.299 e. The van der Waals surface area contributed by atoms with E-state index in [2.05, 4.69) is 15.3 Å². The van der Waals surface area contributed by atoms with Crippen molar-refractivity contribution in [3.05, 3.63) is 64.6 Å². The Labute approximate surface area is 140 Å². The minimum atomic E-state index is -2.79. The molecule has 3 rings (SSSR count). The van der Waals surface area contributed by atoms with Gasteiger partial charge in [-0.05, 0) is 36.5 Å². The van der Waals surface area contributed by atoms with Crippen LogP contribution in [0.5, 0.6) is 5.75 Å². The lowest BCUT2D eigenvalue weighted by Crippen LogP contribution is -1.99. The number of furan rings is 1. The molecule has 0 aliphatic heterocycles. The predicted octanol–water partition coefficient (Wildman–Crippen LogP) is 3.93. The van der Waals surface area contributed by atoms with Crippen LogP contribution in [0, 0.1) is 4.77 Å².